The van der Waals surface area contributed by atoms with Gasteiger partial charge in [0.2, 0.25) is 0 Å². The van der Waals surface area contributed by atoms with Gasteiger partial charge in [-0.15, -0.1) is 0 Å². The molecule has 1 saturated carbocycles. The average Bonchev–Trinajstić information content (AvgIpc) is 2.28. The predicted molar refractivity (Wildman–Crippen MR) is 84.4 cm³/mol. The van der Waals surface area contributed by atoms with E-state index in [0.717, 1.165) is 18.5 Å². The highest BCUT2D eigenvalue weighted by molar-refractivity contribution is 5.68. The molecule has 1 aliphatic carbocycles. The van der Waals surface area contributed by atoms with Crippen LogP contribution in [-0.2, 0) is 0 Å². The third-order valence-electron chi connectivity index (χ3n) is 4.10. The second kappa shape index (κ2) is 5.01. The first kappa shape index (κ1) is 14.7. The van der Waals surface area contributed by atoms with Crippen LogP contribution in [0, 0.1) is 22.2 Å². The van der Waals surface area contributed by atoms with Crippen molar-refractivity contribution in [2.75, 3.05) is 11.1 Å². The van der Waals surface area contributed by atoms with Crippen LogP contribution in [0.25, 0.3) is 0 Å². The second-order valence-electron chi connectivity index (χ2n) is 7.67. The molecular formula is C17H25N3. The number of rotatable bonds is 2. The maximum absolute atomic E-state index is 9.01. The highest BCUT2D eigenvalue weighted by Gasteiger charge is 2.38. The lowest BCUT2D eigenvalue weighted by molar-refractivity contribution is 0.105. The van der Waals surface area contributed by atoms with Crippen molar-refractivity contribution in [3.8, 4) is 6.07 Å². The molecule has 2 rings (SSSR count). The van der Waals surface area contributed by atoms with Crippen molar-refractivity contribution in [3.63, 3.8) is 0 Å². The van der Waals surface area contributed by atoms with E-state index in [2.05, 4.69) is 39.1 Å². The largest absolute Gasteiger partial charge is 0.397 e. The second-order valence-corrected chi connectivity index (χ2v) is 7.67. The minimum absolute atomic E-state index is 0.334. The van der Waals surface area contributed by atoms with Gasteiger partial charge in [-0.05, 0) is 48.3 Å². The Morgan fingerprint density at radius 1 is 1.20 bits per heavy atom. The highest BCUT2D eigenvalue weighted by atomic mass is 14.9. The van der Waals surface area contributed by atoms with Crippen molar-refractivity contribution in [3.05, 3.63) is 23.8 Å². The molecule has 1 aliphatic rings. The van der Waals surface area contributed by atoms with Crippen LogP contribution in [-0.4, -0.2) is 6.04 Å². The van der Waals surface area contributed by atoms with E-state index in [9.17, 15) is 0 Å². The quantitative estimate of drug-likeness (QED) is 0.794. The van der Waals surface area contributed by atoms with Gasteiger partial charge in [-0.3, -0.25) is 0 Å². The molecule has 0 atom stereocenters. The van der Waals surface area contributed by atoms with E-state index in [1.165, 1.54) is 6.42 Å². The highest BCUT2D eigenvalue weighted by Crippen LogP contribution is 2.46. The first-order valence-electron chi connectivity index (χ1n) is 7.27. The van der Waals surface area contributed by atoms with Gasteiger partial charge in [0.25, 0.3) is 0 Å². The van der Waals surface area contributed by atoms with Gasteiger partial charge in [0.1, 0.15) is 0 Å². The van der Waals surface area contributed by atoms with Crippen LogP contribution in [0.2, 0.25) is 0 Å². The molecule has 0 spiro atoms. The summed E-state index contributed by atoms with van der Waals surface area (Å²) in [5.41, 5.74) is 8.95. The van der Waals surface area contributed by atoms with E-state index >= 15 is 0 Å². The van der Waals surface area contributed by atoms with Crippen LogP contribution in [0.5, 0.6) is 0 Å². The van der Waals surface area contributed by atoms with Gasteiger partial charge in [-0.25, -0.2) is 0 Å². The molecular weight excluding hydrogens is 246 g/mol. The van der Waals surface area contributed by atoms with Crippen LogP contribution in [0.15, 0.2) is 18.2 Å². The number of anilines is 2. The minimum Gasteiger partial charge on any atom is -0.397 e. The maximum atomic E-state index is 9.01. The molecule has 3 heteroatoms. The van der Waals surface area contributed by atoms with Gasteiger partial charge in [0.15, 0.2) is 0 Å². The van der Waals surface area contributed by atoms with E-state index < -0.39 is 0 Å². The first-order valence-corrected chi connectivity index (χ1v) is 7.27. The van der Waals surface area contributed by atoms with Gasteiger partial charge >= 0.3 is 0 Å². The standard InChI is InChI=1S/C17H25N3/c1-16(2)8-13(9-17(3,4)11-16)20-15-7-12(10-18)5-6-14(15)19/h5-7,13,20H,8-9,11,19H2,1-4H3. The van der Waals surface area contributed by atoms with Crippen LogP contribution in [0.4, 0.5) is 11.4 Å². The monoisotopic (exact) mass is 271 g/mol. The Morgan fingerprint density at radius 2 is 1.80 bits per heavy atom. The maximum Gasteiger partial charge on any atom is 0.0992 e. The summed E-state index contributed by atoms with van der Waals surface area (Å²) in [5.74, 6) is 0. The van der Waals surface area contributed by atoms with E-state index in [-0.39, 0.29) is 0 Å². The number of benzene rings is 1. The summed E-state index contributed by atoms with van der Waals surface area (Å²) in [6.45, 7) is 9.32. The lowest BCUT2D eigenvalue weighted by atomic mass is 9.63. The van der Waals surface area contributed by atoms with Gasteiger partial charge in [-0.1, -0.05) is 27.7 Å². The summed E-state index contributed by atoms with van der Waals surface area (Å²) in [5, 5.41) is 12.6. The third kappa shape index (κ3) is 3.45. The van der Waals surface area contributed by atoms with Crippen LogP contribution < -0.4 is 11.1 Å². The van der Waals surface area contributed by atoms with Crippen molar-refractivity contribution in [2.45, 2.75) is 53.0 Å². The van der Waals surface area contributed by atoms with Crippen molar-refractivity contribution < 1.29 is 0 Å². The zero-order valence-electron chi connectivity index (χ0n) is 13.0. The smallest absolute Gasteiger partial charge is 0.0992 e. The molecule has 108 valence electrons. The SMILES string of the molecule is CC1(C)CC(Nc2cc(C#N)ccc2N)CC(C)(C)C1. The lowest BCUT2D eigenvalue weighted by Gasteiger charge is -2.45. The van der Waals surface area contributed by atoms with Crippen molar-refractivity contribution in [1.82, 2.24) is 0 Å². The fourth-order valence-corrected chi connectivity index (χ4v) is 3.92. The molecule has 0 amide bonds. The van der Waals surface area contributed by atoms with E-state index in [4.69, 9.17) is 11.0 Å². The number of nitrogens with zero attached hydrogens (tertiary/aromatic N) is 1. The fourth-order valence-electron chi connectivity index (χ4n) is 3.92. The normalized spacial score (nSPS) is 21.1. The van der Waals surface area contributed by atoms with Crippen molar-refractivity contribution >= 4 is 11.4 Å². The van der Waals surface area contributed by atoms with Gasteiger partial charge in [0, 0.05) is 6.04 Å². The predicted octanol–water partition coefficient (Wildman–Crippen LogP) is 4.16. The summed E-state index contributed by atoms with van der Waals surface area (Å²) >= 11 is 0. The molecule has 1 aromatic rings. The molecule has 0 unspecified atom stereocenters. The van der Waals surface area contributed by atoms with Crippen molar-refractivity contribution in [1.29, 1.82) is 5.26 Å². The Kier molecular flexibility index (Phi) is 3.69. The van der Waals surface area contributed by atoms with Crippen LogP contribution in [0.1, 0.15) is 52.5 Å². The Morgan fingerprint density at radius 3 is 2.35 bits per heavy atom. The summed E-state index contributed by atoms with van der Waals surface area (Å²) in [6, 6.07) is 7.99. The average molecular weight is 271 g/mol. The van der Waals surface area contributed by atoms with E-state index in [0.29, 0.717) is 28.1 Å². The molecule has 3 nitrogen and oxygen atoms in total. The van der Waals surface area contributed by atoms with Crippen molar-refractivity contribution in [2.24, 2.45) is 10.8 Å². The van der Waals surface area contributed by atoms with Gasteiger partial charge < -0.3 is 11.1 Å². The number of nitrogen functional groups attached to an aromatic ring is 1. The van der Waals surface area contributed by atoms with E-state index in [1.54, 1.807) is 12.1 Å². The summed E-state index contributed by atoms with van der Waals surface area (Å²) in [7, 11) is 0. The number of nitriles is 1. The lowest BCUT2D eigenvalue weighted by Crippen LogP contribution is -2.40. The number of hydrogen-bond acceptors (Lipinski definition) is 3. The number of nitrogens with one attached hydrogen (secondary N) is 1. The molecule has 0 radical (unpaired) electrons. The molecule has 0 bridgehead atoms. The zero-order chi connectivity index (χ0) is 15.0. The minimum atomic E-state index is 0.334. The summed E-state index contributed by atoms with van der Waals surface area (Å²) < 4.78 is 0. The van der Waals surface area contributed by atoms with Gasteiger partial charge in [-0.2, -0.15) is 5.26 Å². The topological polar surface area (TPSA) is 61.8 Å². The molecule has 0 aliphatic heterocycles. The molecule has 0 aromatic heterocycles. The van der Waals surface area contributed by atoms with Crippen LogP contribution >= 0.6 is 0 Å². The summed E-state index contributed by atoms with van der Waals surface area (Å²) in [6.07, 6.45) is 3.51. The first-order chi connectivity index (χ1) is 9.21. The van der Waals surface area contributed by atoms with Gasteiger partial charge in [0.05, 0.1) is 23.0 Å². The Balaban J connectivity index is 2.19. The molecule has 0 heterocycles. The zero-order valence-corrected chi connectivity index (χ0v) is 13.0. The number of nitrogens with two attached hydrogens (primary N) is 1. The molecule has 20 heavy (non-hydrogen) atoms. The van der Waals surface area contributed by atoms with E-state index in [1.807, 2.05) is 6.07 Å². The third-order valence-corrected chi connectivity index (χ3v) is 4.10. The molecule has 1 fully saturated rings. The Labute approximate surface area is 122 Å². The Bertz CT molecular complexity index is 522. The molecule has 1 aromatic carbocycles. The fraction of sp³-hybridized carbons (Fsp3) is 0.588. The van der Waals surface area contributed by atoms with Crippen LogP contribution in [0.3, 0.4) is 0 Å². The molecule has 3 N–H and O–H groups in total. The summed E-state index contributed by atoms with van der Waals surface area (Å²) in [4.78, 5) is 0. The molecule has 0 saturated heterocycles. The number of hydrogen-bond donors (Lipinski definition) is 2. The Hall–Kier alpha value is -1.69.